The molecule has 9 heteroatoms. The Bertz CT molecular complexity index is 1050. The lowest BCUT2D eigenvalue weighted by Crippen LogP contribution is -2.25. The SMILES string of the molecule is O=[N+]([O-])c1ccc(S(=O)(=O)NCCCc2c[nH]c3ccc(Cl)cc23)cc1. The number of aromatic amines is 1. The number of fused-ring (bicyclic) bond motifs is 1. The summed E-state index contributed by atoms with van der Waals surface area (Å²) in [4.78, 5) is 13.2. The first-order valence-corrected chi connectivity index (χ1v) is 9.72. The molecule has 0 atom stereocenters. The summed E-state index contributed by atoms with van der Waals surface area (Å²) in [5, 5.41) is 12.3. The summed E-state index contributed by atoms with van der Waals surface area (Å²) >= 11 is 6.02. The Balaban J connectivity index is 1.59. The summed E-state index contributed by atoms with van der Waals surface area (Å²) in [6.45, 7) is 0.257. The predicted octanol–water partition coefficient (Wildman–Crippen LogP) is 3.64. The molecule has 0 fully saturated rings. The van der Waals surface area contributed by atoms with Gasteiger partial charge in [-0.05, 0) is 48.7 Å². The minimum atomic E-state index is -3.69. The van der Waals surface area contributed by atoms with Crippen molar-refractivity contribution in [1.82, 2.24) is 9.71 Å². The zero-order chi connectivity index (χ0) is 18.7. The molecule has 3 aromatic rings. The van der Waals surface area contributed by atoms with E-state index in [4.69, 9.17) is 11.6 Å². The molecule has 0 amide bonds. The van der Waals surface area contributed by atoms with E-state index >= 15 is 0 Å². The smallest absolute Gasteiger partial charge is 0.269 e. The van der Waals surface area contributed by atoms with Gasteiger partial charge in [0.05, 0.1) is 9.82 Å². The average molecular weight is 394 g/mol. The molecule has 1 heterocycles. The number of nitro benzene ring substituents is 1. The lowest BCUT2D eigenvalue weighted by molar-refractivity contribution is -0.384. The van der Waals surface area contributed by atoms with E-state index in [1.165, 1.54) is 24.3 Å². The van der Waals surface area contributed by atoms with Crippen LogP contribution in [0.1, 0.15) is 12.0 Å². The zero-order valence-electron chi connectivity index (χ0n) is 13.6. The van der Waals surface area contributed by atoms with Gasteiger partial charge in [0, 0.05) is 40.8 Å². The minimum Gasteiger partial charge on any atom is -0.361 e. The number of H-pyrrole nitrogens is 1. The van der Waals surface area contributed by atoms with Crippen molar-refractivity contribution in [2.45, 2.75) is 17.7 Å². The third-order valence-corrected chi connectivity index (χ3v) is 5.71. The van der Waals surface area contributed by atoms with Gasteiger partial charge in [0.2, 0.25) is 10.0 Å². The van der Waals surface area contributed by atoms with Crippen molar-refractivity contribution in [3.05, 3.63) is 69.4 Å². The molecule has 0 aliphatic carbocycles. The number of nitrogens with zero attached hydrogens (tertiary/aromatic N) is 1. The molecule has 1 aromatic heterocycles. The number of halogens is 1. The molecule has 0 saturated heterocycles. The molecule has 2 aromatic carbocycles. The Morgan fingerprint density at radius 3 is 2.58 bits per heavy atom. The summed E-state index contributed by atoms with van der Waals surface area (Å²) in [6.07, 6.45) is 3.18. The number of aromatic nitrogens is 1. The van der Waals surface area contributed by atoms with Gasteiger partial charge in [0.15, 0.2) is 0 Å². The van der Waals surface area contributed by atoms with Crippen LogP contribution in [-0.4, -0.2) is 24.9 Å². The van der Waals surface area contributed by atoms with E-state index < -0.39 is 14.9 Å². The van der Waals surface area contributed by atoms with Crippen molar-refractivity contribution in [3.8, 4) is 0 Å². The molecule has 0 aliphatic rings. The molecule has 136 valence electrons. The number of hydrogen-bond acceptors (Lipinski definition) is 4. The number of benzene rings is 2. The van der Waals surface area contributed by atoms with Gasteiger partial charge in [-0.2, -0.15) is 0 Å². The highest BCUT2D eigenvalue weighted by Crippen LogP contribution is 2.23. The second kappa shape index (κ2) is 7.45. The van der Waals surface area contributed by atoms with Gasteiger partial charge in [-0.3, -0.25) is 10.1 Å². The van der Waals surface area contributed by atoms with E-state index in [9.17, 15) is 18.5 Å². The monoisotopic (exact) mass is 393 g/mol. The highest BCUT2D eigenvalue weighted by molar-refractivity contribution is 7.89. The van der Waals surface area contributed by atoms with Crippen LogP contribution in [0, 0.1) is 10.1 Å². The molecular weight excluding hydrogens is 378 g/mol. The number of sulfonamides is 1. The maximum atomic E-state index is 12.2. The first-order valence-electron chi connectivity index (χ1n) is 7.86. The summed E-state index contributed by atoms with van der Waals surface area (Å²) in [6, 6.07) is 10.4. The van der Waals surface area contributed by atoms with Crippen molar-refractivity contribution in [2.75, 3.05) is 6.54 Å². The van der Waals surface area contributed by atoms with Crippen LogP contribution in [-0.2, 0) is 16.4 Å². The van der Waals surface area contributed by atoms with E-state index in [2.05, 4.69) is 9.71 Å². The number of nitro groups is 1. The number of nitrogens with one attached hydrogen (secondary N) is 2. The van der Waals surface area contributed by atoms with Gasteiger partial charge < -0.3 is 4.98 Å². The van der Waals surface area contributed by atoms with E-state index in [-0.39, 0.29) is 17.1 Å². The Morgan fingerprint density at radius 1 is 1.15 bits per heavy atom. The molecule has 3 rings (SSSR count). The molecule has 26 heavy (non-hydrogen) atoms. The molecular formula is C17H16ClN3O4S. The third kappa shape index (κ3) is 4.04. The van der Waals surface area contributed by atoms with Crippen LogP contribution in [0.3, 0.4) is 0 Å². The molecule has 0 bridgehead atoms. The third-order valence-electron chi connectivity index (χ3n) is 4.00. The summed E-state index contributed by atoms with van der Waals surface area (Å²) in [5.74, 6) is 0. The molecule has 0 unspecified atom stereocenters. The van der Waals surface area contributed by atoms with Crippen molar-refractivity contribution in [1.29, 1.82) is 0 Å². The quantitative estimate of drug-likeness (QED) is 0.363. The van der Waals surface area contributed by atoms with Crippen molar-refractivity contribution < 1.29 is 13.3 Å². The number of rotatable bonds is 7. The normalized spacial score (nSPS) is 11.7. The van der Waals surface area contributed by atoms with Gasteiger partial charge in [0.25, 0.3) is 5.69 Å². The van der Waals surface area contributed by atoms with E-state index in [0.29, 0.717) is 17.9 Å². The molecule has 2 N–H and O–H groups in total. The summed E-state index contributed by atoms with van der Waals surface area (Å²) in [5.41, 5.74) is 1.90. The maximum Gasteiger partial charge on any atom is 0.269 e. The standard InChI is InChI=1S/C17H16ClN3O4S/c18-13-3-8-17-16(10-13)12(11-19-17)2-1-9-20-26(24,25)15-6-4-14(5-7-15)21(22)23/h3-8,10-11,19-20H,1-2,9H2. The Labute approximate surface area is 155 Å². The van der Waals surface area contributed by atoms with Crippen molar-refractivity contribution in [2.24, 2.45) is 0 Å². The second-order valence-electron chi connectivity index (χ2n) is 5.76. The fourth-order valence-corrected chi connectivity index (χ4v) is 3.92. The molecule has 7 nitrogen and oxygen atoms in total. The van der Waals surface area contributed by atoms with Crippen LogP contribution in [0.4, 0.5) is 5.69 Å². The first kappa shape index (κ1) is 18.4. The van der Waals surface area contributed by atoms with Gasteiger partial charge in [-0.25, -0.2) is 13.1 Å². The topological polar surface area (TPSA) is 105 Å². The fourth-order valence-electron chi connectivity index (χ4n) is 2.67. The number of non-ortho nitro benzene ring substituents is 1. The predicted molar refractivity (Wildman–Crippen MR) is 99.9 cm³/mol. The van der Waals surface area contributed by atoms with Crippen LogP contribution < -0.4 is 4.72 Å². The summed E-state index contributed by atoms with van der Waals surface area (Å²) < 4.78 is 27.0. The fraction of sp³-hybridized carbons (Fsp3) is 0.176. The Morgan fingerprint density at radius 2 is 1.88 bits per heavy atom. The van der Waals surface area contributed by atoms with Crippen LogP contribution in [0.15, 0.2) is 53.6 Å². The lowest BCUT2D eigenvalue weighted by Gasteiger charge is -2.06. The van der Waals surface area contributed by atoms with Crippen molar-refractivity contribution in [3.63, 3.8) is 0 Å². The largest absolute Gasteiger partial charge is 0.361 e. The molecule has 0 radical (unpaired) electrons. The second-order valence-corrected chi connectivity index (χ2v) is 7.96. The van der Waals surface area contributed by atoms with E-state index in [1.54, 1.807) is 0 Å². The highest BCUT2D eigenvalue weighted by atomic mass is 35.5. The van der Waals surface area contributed by atoms with Gasteiger partial charge in [-0.15, -0.1) is 0 Å². The Kier molecular flexibility index (Phi) is 5.26. The van der Waals surface area contributed by atoms with E-state index in [0.717, 1.165) is 16.5 Å². The van der Waals surface area contributed by atoms with Gasteiger partial charge in [0.1, 0.15) is 0 Å². The molecule has 0 spiro atoms. The van der Waals surface area contributed by atoms with E-state index in [1.807, 2.05) is 24.4 Å². The molecule has 0 saturated carbocycles. The maximum absolute atomic E-state index is 12.2. The zero-order valence-corrected chi connectivity index (χ0v) is 15.2. The van der Waals surface area contributed by atoms with Crippen LogP contribution >= 0.6 is 11.6 Å². The van der Waals surface area contributed by atoms with Crippen LogP contribution in [0.2, 0.25) is 5.02 Å². The molecule has 0 aliphatic heterocycles. The minimum absolute atomic E-state index is 0.00183. The first-order chi connectivity index (χ1) is 12.4. The van der Waals surface area contributed by atoms with Crippen LogP contribution in [0.25, 0.3) is 10.9 Å². The number of hydrogen-bond donors (Lipinski definition) is 2. The summed E-state index contributed by atoms with van der Waals surface area (Å²) in [7, 11) is -3.69. The highest BCUT2D eigenvalue weighted by Gasteiger charge is 2.15. The van der Waals surface area contributed by atoms with Crippen molar-refractivity contribution >= 4 is 38.2 Å². The van der Waals surface area contributed by atoms with Crippen LogP contribution in [0.5, 0.6) is 0 Å². The van der Waals surface area contributed by atoms with Gasteiger partial charge in [-0.1, -0.05) is 11.6 Å². The van der Waals surface area contributed by atoms with Gasteiger partial charge >= 0.3 is 0 Å². The average Bonchev–Trinajstić information content (AvgIpc) is 3.01. The number of aryl methyl sites for hydroxylation is 1. The Hall–Kier alpha value is -2.42. The lowest BCUT2D eigenvalue weighted by atomic mass is 10.1.